The molecule has 34 heavy (non-hydrogen) atoms. The number of anilines is 1. The Hall–Kier alpha value is -3.65. The van der Waals surface area contributed by atoms with E-state index in [1.54, 1.807) is 25.6 Å². The Kier molecular flexibility index (Phi) is 6.98. The zero-order valence-corrected chi connectivity index (χ0v) is 20.7. The first-order valence-corrected chi connectivity index (χ1v) is 11.8. The lowest BCUT2D eigenvalue weighted by atomic mass is 10.1. The minimum atomic E-state index is -0.0299. The van der Waals surface area contributed by atoms with Crippen LogP contribution in [0.3, 0.4) is 0 Å². The molecule has 0 fully saturated rings. The van der Waals surface area contributed by atoms with Crippen LogP contribution >= 0.6 is 11.3 Å². The van der Waals surface area contributed by atoms with E-state index in [2.05, 4.69) is 51.8 Å². The van der Waals surface area contributed by atoms with E-state index >= 15 is 0 Å². The van der Waals surface area contributed by atoms with Crippen molar-refractivity contribution in [1.82, 2.24) is 15.3 Å². The van der Waals surface area contributed by atoms with Gasteiger partial charge in [0, 0.05) is 34.7 Å². The summed E-state index contributed by atoms with van der Waals surface area (Å²) in [6, 6.07) is 16.4. The maximum atomic E-state index is 11.1. The number of rotatable bonds is 8. The molecular formula is C26H28N4O3S. The quantitative estimate of drug-likeness (QED) is 0.350. The number of nitrogens with one attached hydrogen (secondary N) is 2. The van der Waals surface area contributed by atoms with Gasteiger partial charge in [0.05, 0.1) is 25.8 Å². The molecule has 0 radical (unpaired) electrons. The van der Waals surface area contributed by atoms with Crippen molar-refractivity contribution in [3.05, 3.63) is 64.8 Å². The minimum Gasteiger partial charge on any atom is -0.493 e. The molecule has 0 saturated carbocycles. The number of ether oxygens (including phenoxy) is 2. The van der Waals surface area contributed by atoms with Gasteiger partial charge < -0.3 is 20.1 Å². The second-order valence-electron chi connectivity index (χ2n) is 8.02. The van der Waals surface area contributed by atoms with Crippen LogP contribution in [0.4, 0.5) is 5.82 Å². The summed E-state index contributed by atoms with van der Waals surface area (Å²) in [6.07, 6.45) is 0. The lowest BCUT2D eigenvalue weighted by Crippen LogP contribution is -2.18. The Bertz CT molecular complexity index is 1320. The molecular weight excluding hydrogens is 448 g/mol. The number of hydrogen-bond acceptors (Lipinski definition) is 7. The maximum Gasteiger partial charge on any atom is 0.217 e. The number of carbonyl (C=O) groups excluding carboxylic acids is 1. The van der Waals surface area contributed by atoms with Crippen LogP contribution in [0.25, 0.3) is 21.3 Å². The summed E-state index contributed by atoms with van der Waals surface area (Å²) in [5, 5.41) is 7.25. The van der Waals surface area contributed by atoms with E-state index in [1.807, 2.05) is 31.2 Å². The molecule has 2 N–H and O–H groups in total. The van der Waals surface area contributed by atoms with E-state index in [0.717, 1.165) is 27.8 Å². The Morgan fingerprint density at radius 2 is 1.74 bits per heavy atom. The Balaban J connectivity index is 1.56. The second-order valence-corrected chi connectivity index (χ2v) is 9.13. The van der Waals surface area contributed by atoms with E-state index in [0.29, 0.717) is 23.9 Å². The van der Waals surface area contributed by atoms with Crippen LogP contribution in [0.2, 0.25) is 0 Å². The van der Waals surface area contributed by atoms with Gasteiger partial charge in [-0.25, -0.2) is 9.97 Å². The number of aryl methyl sites for hydroxylation is 1. The molecule has 1 atom stereocenters. The number of nitrogens with zero attached hydrogens (tertiary/aromatic N) is 2. The topological polar surface area (TPSA) is 85.4 Å². The van der Waals surface area contributed by atoms with Gasteiger partial charge >= 0.3 is 0 Å². The fraction of sp³-hybridized carbons (Fsp3) is 0.269. The van der Waals surface area contributed by atoms with Gasteiger partial charge in [-0.05, 0) is 43.2 Å². The molecule has 0 bridgehead atoms. The highest BCUT2D eigenvalue weighted by atomic mass is 32.1. The summed E-state index contributed by atoms with van der Waals surface area (Å²) in [5.41, 5.74) is 3.02. The van der Waals surface area contributed by atoms with Crippen molar-refractivity contribution in [1.29, 1.82) is 0 Å². The number of benzene rings is 2. The van der Waals surface area contributed by atoms with E-state index in [9.17, 15) is 4.79 Å². The monoisotopic (exact) mass is 476 g/mol. The molecule has 0 aliphatic rings. The predicted molar refractivity (Wildman–Crippen MR) is 137 cm³/mol. The average molecular weight is 477 g/mol. The van der Waals surface area contributed by atoms with E-state index in [4.69, 9.17) is 9.47 Å². The lowest BCUT2D eigenvalue weighted by Gasteiger charge is -2.16. The van der Waals surface area contributed by atoms with Gasteiger partial charge in [-0.15, -0.1) is 11.3 Å². The van der Waals surface area contributed by atoms with E-state index in [1.165, 1.54) is 16.7 Å². The molecule has 0 saturated heterocycles. The molecule has 2 aromatic carbocycles. The zero-order chi connectivity index (χ0) is 24.2. The highest BCUT2D eigenvalue weighted by molar-refractivity contribution is 7.15. The first-order chi connectivity index (χ1) is 16.4. The first-order valence-electron chi connectivity index (χ1n) is 11.0. The van der Waals surface area contributed by atoms with Gasteiger partial charge in [0.25, 0.3) is 0 Å². The zero-order valence-electron chi connectivity index (χ0n) is 19.9. The molecule has 1 amide bonds. The molecule has 8 heteroatoms. The third-order valence-electron chi connectivity index (χ3n) is 5.50. The van der Waals surface area contributed by atoms with Crippen molar-refractivity contribution in [2.45, 2.75) is 33.4 Å². The lowest BCUT2D eigenvalue weighted by molar-refractivity contribution is -0.119. The van der Waals surface area contributed by atoms with Gasteiger partial charge in [-0.1, -0.05) is 24.3 Å². The Morgan fingerprint density at radius 3 is 2.41 bits per heavy atom. The van der Waals surface area contributed by atoms with Gasteiger partial charge in [0.2, 0.25) is 5.91 Å². The second kappa shape index (κ2) is 10.1. The fourth-order valence-electron chi connectivity index (χ4n) is 3.71. The molecule has 1 unspecified atom stereocenters. The molecule has 0 aliphatic heterocycles. The molecule has 4 aromatic rings. The van der Waals surface area contributed by atoms with Crippen LogP contribution in [0.5, 0.6) is 11.5 Å². The van der Waals surface area contributed by atoms with Crippen LogP contribution in [-0.4, -0.2) is 30.1 Å². The van der Waals surface area contributed by atoms with Gasteiger partial charge in [-0.2, -0.15) is 0 Å². The number of fused-ring (bicyclic) bond motifs is 1. The largest absolute Gasteiger partial charge is 0.493 e. The van der Waals surface area contributed by atoms with Gasteiger partial charge in [0.15, 0.2) is 11.5 Å². The smallest absolute Gasteiger partial charge is 0.217 e. The minimum absolute atomic E-state index is 0.0299. The van der Waals surface area contributed by atoms with Crippen molar-refractivity contribution in [2.24, 2.45) is 0 Å². The van der Waals surface area contributed by atoms with Gasteiger partial charge in [0.1, 0.15) is 11.6 Å². The van der Waals surface area contributed by atoms with Crippen molar-refractivity contribution >= 4 is 34.0 Å². The molecule has 2 aromatic heterocycles. The summed E-state index contributed by atoms with van der Waals surface area (Å²) in [5.74, 6) is 2.68. The van der Waals surface area contributed by atoms with Crippen molar-refractivity contribution in [2.75, 3.05) is 19.5 Å². The molecule has 7 nitrogen and oxygen atoms in total. The van der Waals surface area contributed by atoms with Gasteiger partial charge in [-0.3, -0.25) is 4.79 Å². The number of thiophene rings is 1. The molecule has 0 spiro atoms. The summed E-state index contributed by atoms with van der Waals surface area (Å²) < 4.78 is 10.9. The maximum absolute atomic E-state index is 11.1. The number of carbonyl (C=O) groups is 1. The number of amides is 1. The summed E-state index contributed by atoms with van der Waals surface area (Å²) in [6.45, 7) is 6.06. The third kappa shape index (κ3) is 5.12. The molecule has 0 aliphatic carbocycles. The van der Waals surface area contributed by atoms with Crippen molar-refractivity contribution in [3.63, 3.8) is 0 Å². The predicted octanol–water partition coefficient (Wildman–Crippen LogP) is 5.49. The van der Waals surface area contributed by atoms with E-state index < -0.39 is 0 Å². The van der Waals surface area contributed by atoms with Crippen molar-refractivity contribution < 1.29 is 14.3 Å². The SMILES string of the molecule is COc1cc2nc(C)nc(NC(C)c3ccc(-c4ccc(CNC(C)=O)cc4)s3)c2cc1OC. The number of methoxy groups -OCH3 is 2. The highest BCUT2D eigenvalue weighted by Crippen LogP contribution is 2.37. The Morgan fingerprint density at radius 1 is 1.03 bits per heavy atom. The van der Waals surface area contributed by atoms with Crippen LogP contribution < -0.4 is 20.1 Å². The third-order valence-corrected chi connectivity index (χ3v) is 6.82. The molecule has 2 heterocycles. The van der Waals surface area contributed by atoms with Crippen LogP contribution in [0.1, 0.15) is 36.2 Å². The molecule has 176 valence electrons. The summed E-state index contributed by atoms with van der Waals surface area (Å²) >= 11 is 1.74. The summed E-state index contributed by atoms with van der Waals surface area (Å²) in [4.78, 5) is 22.7. The van der Waals surface area contributed by atoms with E-state index in [-0.39, 0.29) is 11.9 Å². The summed E-state index contributed by atoms with van der Waals surface area (Å²) in [7, 11) is 3.23. The standard InChI is InChI=1S/C26H28N4O3S/c1-15(24-10-11-25(34-24)19-8-6-18(7-9-19)14-27-17(3)31)28-26-20-12-22(32-4)23(33-5)13-21(20)29-16(2)30-26/h6-13,15H,14H2,1-5H3,(H,27,31)(H,28,29,30). The first kappa shape index (κ1) is 23.5. The average Bonchev–Trinajstić information content (AvgIpc) is 3.32. The molecule has 4 rings (SSSR count). The number of aromatic nitrogens is 2. The van der Waals surface area contributed by atoms with Crippen LogP contribution in [0, 0.1) is 6.92 Å². The van der Waals surface area contributed by atoms with Crippen LogP contribution in [-0.2, 0) is 11.3 Å². The Labute approximate surface area is 203 Å². The highest BCUT2D eigenvalue weighted by Gasteiger charge is 2.16. The number of hydrogen-bond donors (Lipinski definition) is 2. The fourth-order valence-corrected chi connectivity index (χ4v) is 4.73. The van der Waals surface area contributed by atoms with Crippen molar-refractivity contribution in [3.8, 4) is 21.9 Å². The normalized spacial score (nSPS) is 11.8. The van der Waals surface area contributed by atoms with Crippen LogP contribution in [0.15, 0.2) is 48.5 Å².